The molecule has 14 aromatic rings. The first-order valence-electron chi connectivity index (χ1n) is 29.3. The van der Waals surface area contributed by atoms with Crippen LogP contribution in [0.3, 0.4) is 0 Å². The predicted octanol–water partition coefficient (Wildman–Crippen LogP) is 20.0. The second-order valence-electron chi connectivity index (χ2n) is 25.9. The minimum absolute atomic E-state index is 0.0106. The van der Waals surface area contributed by atoms with E-state index < -0.39 is 0 Å². The van der Waals surface area contributed by atoms with Crippen molar-refractivity contribution < 1.29 is 9.30 Å². The second kappa shape index (κ2) is 18.9. The maximum Gasteiger partial charge on any atom is 0.269 e. The van der Waals surface area contributed by atoms with Crippen LogP contribution in [0.15, 0.2) is 231 Å². The molecule has 6 nitrogen and oxygen atoms in total. The SMILES string of the molecule is CC(C)(C)c1ccc(-c2cc(C(C)(C)C)cc3c2-[n+]2[c-]n(-c4cccc(Oc5ccc6c7ccccc7n(-c7cc(C(C)(C)C)ccn7)c6c5)c4)c4cc(-n5c6ccccc6c6ccccc65)cc(c42)-c2ccccc2-c2ccccc2-3)cc1. The van der Waals surface area contributed by atoms with Gasteiger partial charge in [-0.25, -0.2) is 4.98 Å². The standard InChI is InChI=1S/C78H65N5O/c1-76(2,3)50-35-33-49(34-36-50)65-41-52(78(7,8)9)42-66-59-25-12-10-23-57(59)58-24-11-13-26-60(58)67-45-54(82-68-30-17-14-27-61(68)62-28-15-18-31-69(62)82)46-72-75(67)81(74(65)66)48-80(72)53-21-20-22-55(44-53)84-56-37-38-64-63-29-16-19-32-70(63)83(71(64)47-56)73-43-51(39-40-79-73)77(4,5)6/h10-47H,1-9H3. The van der Waals surface area contributed by atoms with Gasteiger partial charge in [0.1, 0.15) is 17.3 Å². The van der Waals surface area contributed by atoms with Crippen molar-refractivity contribution in [1.82, 2.24) is 18.7 Å². The molecule has 0 radical (unpaired) electrons. The van der Waals surface area contributed by atoms with Crippen molar-refractivity contribution in [3.63, 3.8) is 0 Å². The fraction of sp³-hybridized carbons (Fsp3) is 0.154. The number of ether oxygens (including phenoxy) is 1. The van der Waals surface area contributed by atoms with Gasteiger partial charge in [0.05, 0.1) is 44.5 Å². The molecule has 0 unspecified atom stereocenters. The van der Waals surface area contributed by atoms with Gasteiger partial charge in [0.25, 0.3) is 6.33 Å². The van der Waals surface area contributed by atoms with Crippen LogP contribution in [0.4, 0.5) is 0 Å². The van der Waals surface area contributed by atoms with Gasteiger partial charge in [-0.2, -0.15) is 0 Å². The zero-order valence-corrected chi connectivity index (χ0v) is 49.1. The number of nitrogens with zero attached hydrogens (tertiary/aromatic N) is 5. The molecule has 15 rings (SSSR count). The van der Waals surface area contributed by atoms with Crippen molar-refractivity contribution >= 4 is 54.6 Å². The van der Waals surface area contributed by atoms with Crippen LogP contribution in [-0.4, -0.2) is 18.7 Å². The third-order valence-electron chi connectivity index (χ3n) is 17.4. The number of imidazole rings is 1. The summed E-state index contributed by atoms with van der Waals surface area (Å²) in [5.74, 6) is 2.31. The topological polar surface area (TPSA) is 40.8 Å². The second-order valence-corrected chi connectivity index (χ2v) is 25.9. The van der Waals surface area contributed by atoms with E-state index in [2.05, 4.69) is 311 Å². The van der Waals surface area contributed by atoms with Crippen LogP contribution < -0.4 is 9.30 Å². The lowest BCUT2D eigenvalue weighted by Crippen LogP contribution is -2.32. The molecular weight excluding hydrogens is 1020 g/mol. The zero-order chi connectivity index (χ0) is 57.4. The van der Waals surface area contributed by atoms with E-state index in [0.717, 1.165) is 94.9 Å². The third kappa shape index (κ3) is 8.29. The van der Waals surface area contributed by atoms with Gasteiger partial charge >= 0.3 is 0 Å². The Labute approximate surface area is 491 Å². The van der Waals surface area contributed by atoms with E-state index in [4.69, 9.17) is 9.72 Å². The molecular formula is C78H65N5O. The molecule has 0 aliphatic carbocycles. The summed E-state index contributed by atoms with van der Waals surface area (Å²) >= 11 is 0. The number of hydrogen-bond acceptors (Lipinski definition) is 2. The zero-order valence-electron chi connectivity index (χ0n) is 49.1. The normalized spacial score (nSPS) is 12.6. The number of benzene rings is 10. The largest absolute Gasteiger partial charge is 0.458 e. The molecule has 4 aromatic heterocycles. The van der Waals surface area contributed by atoms with E-state index in [9.17, 15) is 0 Å². The van der Waals surface area contributed by atoms with Crippen LogP contribution in [0.5, 0.6) is 11.5 Å². The van der Waals surface area contributed by atoms with E-state index in [1.54, 1.807) is 0 Å². The summed E-state index contributed by atoms with van der Waals surface area (Å²) < 4.78 is 16.4. The van der Waals surface area contributed by atoms with Gasteiger partial charge in [0.2, 0.25) is 0 Å². The third-order valence-corrected chi connectivity index (χ3v) is 17.4. The number of hydrogen-bond donors (Lipinski definition) is 0. The maximum absolute atomic E-state index is 7.06. The summed E-state index contributed by atoms with van der Waals surface area (Å²) in [6.45, 7) is 20.6. The molecule has 0 amide bonds. The Kier molecular flexibility index (Phi) is 11.5. The van der Waals surface area contributed by atoms with Gasteiger partial charge in [-0.1, -0.05) is 208 Å². The van der Waals surface area contributed by atoms with Gasteiger partial charge in [-0.3, -0.25) is 13.7 Å². The highest BCUT2D eigenvalue weighted by Crippen LogP contribution is 2.48. The van der Waals surface area contributed by atoms with Gasteiger partial charge in [-0.05, 0) is 150 Å². The monoisotopic (exact) mass is 1090 g/mol. The molecule has 0 spiro atoms. The number of rotatable bonds is 6. The highest BCUT2D eigenvalue weighted by Gasteiger charge is 2.30. The molecule has 0 bridgehead atoms. The molecule has 0 saturated heterocycles. The molecule has 0 saturated carbocycles. The predicted molar refractivity (Wildman–Crippen MR) is 348 cm³/mol. The molecule has 10 aromatic carbocycles. The Morgan fingerprint density at radius 2 is 0.905 bits per heavy atom. The van der Waals surface area contributed by atoms with Crippen LogP contribution in [0.25, 0.3) is 122 Å². The van der Waals surface area contributed by atoms with Gasteiger partial charge in [0.15, 0.2) is 0 Å². The first kappa shape index (κ1) is 51.1. The van der Waals surface area contributed by atoms with Gasteiger partial charge in [-0.15, -0.1) is 0 Å². The smallest absolute Gasteiger partial charge is 0.269 e. The number of pyridine rings is 1. The van der Waals surface area contributed by atoms with Crippen molar-refractivity contribution in [2.75, 3.05) is 0 Å². The molecule has 0 fully saturated rings. The van der Waals surface area contributed by atoms with Crippen molar-refractivity contribution in [3.05, 3.63) is 254 Å². The summed E-state index contributed by atoms with van der Waals surface area (Å²) in [4.78, 5) is 4.97. The summed E-state index contributed by atoms with van der Waals surface area (Å²) in [5, 5.41) is 4.73. The van der Waals surface area contributed by atoms with Crippen molar-refractivity contribution in [2.24, 2.45) is 0 Å². The first-order valence-corrected chi connectivity index (χ1v) is 29.3. The molecule has 1 aliphatic rings. The molecule has 84 heavy (non-hydrogen) atoms. The molecule has 408 valence electrons. The van der Waals surface area contributed by atoms with Crippen molar-refractivity contribution in [2.45, 2.75) is 78.6 Å². The van der Waals surface area contributed by atoms with E-state index in [0.29, 0.717) is 5.75 Å². The van der Waals surface area contributed by atoms with Crippen molar-refractivity contribution in [1.29, 1.82) is 0 Å². The quantitative estimate of drug-likeness (QED) is 0.123. The van der Waals surface area contributed by atoms with Crippen LogP contribution >= 0.6 is 0 Å². The minimum Gasteiger partial charge on any atom is -0.458 e. The molecule has 0 atom stereocenters. The lowest BCUT2D eigenvalue weighted by atomic mass is 9.80. The van der Waals surface area contributed by atoms with Gasteiger partial charge in [0, 0.05) is 39.5 Å². The fourth-order valence-corrected chi connectivity index (χ4v) is 13.0. The average molecular weight is 1090 g/mol. The van der Waals surface area contributed by atoms with Crippen LogP contribution in [0, 0.1) is 6.33 Å². The summed E-state index contributed by atoms with van der Waals surface area (Å²) in [6, 6.07) is 82.4. The highest BCUT2D eigenvalue weighted by atomic mass is 16.5. The van der Waals surface area contributed by atoms with Crippen LogP contribution in [0.2, 0.25) is 0 Å². The maximum atomic E-state index is 7.06. The lowest BCUT2D eigenvalue weighted by molar-refractivity contribution is -0.570. The van der Waals surface area contributed by atoms with E-state index in [1.165, 1.54) is 49.5 Å². The van der Waals surface area contributed by atoms with Crippen molar-refractivity contribution in [3.8, 4) is 78.9 Å². The van der Waals surface area contributed by atoms with Crippen LogP contribution in [-0.2, 0) is 16.2 Å². The Bertz CT molecular complexity index is 4930. The van der Waals surface area contributed by atoms with E-state index in [1.807, 2.05) is 6.20 Å². The number of fused-ring (bicyclic) bond motifs is 13. The average Bonchev–Trinajstić information content (AvgIpc) is 1.96. The number of para-hydroxylation sites is 3. The Balaban J connectivity index is 1.01. The minimum atomic E-state index is -0.166. The summed E-state index contributed by atoms with van der Waals surface area (Å²) in [7, 11) is 0. The lowest BCUT2D eigenvalue weighted by Gasteiger charge is -2.26. The van der Waals surface area contributed by atoms with E-state index >= 15 is 0 Å². The van der Waals surface area contributed by atoms with Gasteiger partial charge < -0.3 is 9.30 Å². The Morgan fingerprint density at radius 1 is 0.369 bits per heavy atom. The molecule has 6 heteroatoms. The fourth-order valence-electron chi connectivity index (χ4n) is 13.0. The van der Waals surface area contributed by atoms with E-state index in [-0.39, 0.29) is 16.2 Å². The molecule has 0 N–H and O–H groups in total. The summed E-state index contributed by atoms with van der Waals surface area (Å²) in [5.41, 5.74) is 22.2. The molecule has 1 aliphatic heterocycles. The number of aromatic nitrogens is 5. The summed E-state index contributed by atoms with van der Waals surface area (Å²) in [6.07, 6.45) is 6.07. The molecule has 5 heterocycles. The first-order chi connectivity index (χ1) is 40.5. The van der Waals surface area contributed by atoms with Crippen LogP contribution in [0.1, 0.15) is 79.0 Å². The Hall–Kier alpha value is -9.78. The highest BCUT2D eigenvalue weighted by molar-refractivity contribution is 6.11. The Morgan fingerprint density at radius 3 is 1.52 bits per heavy atom.